The highest BCUT2D eigenvalue weighted by molar-refractivity contribution is 5.92. The summed E-state index contributed by atoms with van der Waals surface area (Å²) in [7, 11) is 0. The molecule has 0 bridgehead atoms. The molecule has 1 aromatic heterocycles. The molecule has 1 saturated carbocycles. The van der Waals surface area contributed by atoms with Crippen LogP contribution in [0.25, 0.3) is 0 Å². The lowest BCUT2D eigenvalue weighted by Crippen LogP contribution is -2.36. The molecule has 1 aliphatic carbocycles. The maximum absolute atomic E-state index is 12.4. The van der Waals surface area contributed by atoms with Gasteiger partial charge in [-0.3, -0.25) is 4.79 Å². The molecule has 0 unspecified atom stereocenters. The van der Waals surface area contributed by atoms with E-state index in [0.29, 0.717) is 11.6 Å². The zero-order valence-electron chi connectivity index (χ0n) is 14.1. The van der Waals surface area contributed by atoms with Crippen LogP contribution in [0.3, 0.4) is 0 Å². The molecule has 2 N–H and O–H groups in total. The highest BCUT2D eigenvalue weighted by atomic mass is 16.1. The van der Waals surface area contributed by atoms with Crippen LogP contribution < -0.4 is 10.6 Å². The Morgan fingerprint density at radius 3 is 2.58 bits per heavy atom. The highest BCUT2D eigenvalue weighted by Crippen LogP contribution is 2.18. The molecule has 3 rings (SSSR count). The summed E-state index contributed by atoms with van der Waals surface area (Å²) in [5.74, 6) is 0.323. The van der Waals surface area contributed by atoms with Gasteiger partial charge in [-0.05, 0) is 43.0 Å². The Balaban J connectivity index is 1.65. The molecule has 5 nitrogen and oxygen atoms in total. The maximum atomic E-state index is 12.4. The van der Waals surface area contributed by atoms with Gasteiger partial charge in [-0.15, -0.1) is 0 Å². The minimum atomic E-state index is -0.117. The van der Waals surface area contributed by atoms with E-state index in [1.807, 2.05) is 12.1 Å². The molecule has 1 heterocycles. The number of rotatable bonds is 5. The van der Waals surface area contributed by atoms with E-state index in [1.165, 1.54) is 24.8 Å². The van der Waals surface area contributed by atoms with Gasteiger partial charge in [-0.1, -0.05) is 38.3 Å². The van der Waals surface area contributed by atoms with Gasteiger partial charge in [-0.25, -0.2) is 9.97 Å². The summed E-state index contributed by atoms with van der Waals surface area (Å²) in [5, 5.41) is 6.24. The van der Waals surface area contributed by atoms with Gasteiger partial charge in [-0.2, -0.15) is 0 Å². The molecule has 5 heteroatoms. The lowest BCUT2D eigenvalue weighted by molar-refractivity contribution is 0.0922. The molecule has 1 aromatic carbocycles. The van der Waals surface area contributed by atoms with Crippen LogP contribution in [0.4, 0.5) is 11.6 Å². The molecule has 0 aliphatic heterocycles. The van der Waals surface area contributed by atoms with Crippen LogP contribution >= 0.6 is 0 Å². The second-order valence-corrected chi connectivity index (χ2v) is 6.25. The van der Waals surface area contributed by atoms with E-state index in [2.05, 4.69) is 39.7 Å². The second-order valence-electron chi connectivity index (χ2n) is 6.25. The highest BCUT2D eigenvalue weighted by Gasteiger charge is 2.17. The van der Waals surface area contributed by atoms with Crippen molar-refractivity contribution in [3.63, 3.8) is 0 Å². The molecule has 0 radical (unpaired) electrons. The van der Waals surface area contributed by atoms with Crippen molar-refractivity contribution in [3.8, 4) is 0 Å². The van der Waals surface area contributed by atoms with Gasteiger partial charge in [0.1, 0.15) is 5.69 Å². The average molecular weight is 324 g/mol. The standard InChI is InChI=1S/C19H24N4O/c1-2-14-8-10-16(11-9-14)22-19-20-13-12-17(23-19)18(24)21-15-6-4-3-5-7-15/h8-13,15H,2-7H2,1H3,(H,21,24)(H,20,22,23). The van der Waals surface area contributed by atoms with E-state index in [1.54, 1.807) is 12.3 Å². The van der Waals surface area contributed by atoms with E-state index in [4.69, 9.17) is 0 Å². The molecule has 1 fully saturated rings. The molecule has 0 spiro atoms. The fourth-order valence-corrected chi connectivity index (χ4v) is 3.00. The van der Waals surface area contributed by atoms with Gasteiger partial charge in [0.05, 0.1) is 0 Å². The molecule has 126 valence electrons. The molecular weight excluding hydrogens is 300 g/mol. The third-order valence-electron chi connectivity index (χ3n) is 4.45. The molecule has 1 amide bonds. The number of nitrogens with zero attached hydrogens (tertiary/aromatic N) is 2. The summed E-state index contributed by atoms with van der Waals surface area (Å²) in [4.78, 5) is 20.9. The van der Waals surface area contributed by atoms with Crippen LogP contribution in [-0.2, 0) is 6.42 Å². The van der Waals surface area contributed by atoms with Crippen LogP contribution in [0.1, 0.15) is 55.1 Å². The number of hydrogen-bond acceptors (Lipinski definition) is 4. The number of aromatic nitrogens is 2. The summed E-state index contributed by atoms with van der Waals surface area (Å²) in [6.07, 6.45) is 8.39. The monoisotopic (exact) mass is 324 g/mol. The van der Waals surface area contributed by atoms with Crippen molar-refractivity contribution in [1.82, 2.24) is 15.3 Å². The van der Waals surface area contributed by atoms with Crippen LogP contribution in [0, 0.1) is 0 Å². The molecule has 24 heavy (non-hydrogen) atoms. The Labute approximate surface area is 142 Å². The van der Waals surface area contributed by atoms with E-state index in [9.17, 15) is 4.79 Å². The van der Waals surface area contributed by atoms with Gasteiger partial charge in [0, 0.05) is 17.9 Å². The second kappa shape index (κ2) is 7.90. The Kier molecular flexibility index (Phi) is 5.41. The summed E-state index contributed by atoms with van der Waals surface area (Å²) in [5.41, 5.74) is 2.60. The zero-order chi connectivity index (χ0) is 16.8. The normalized spacial score (nSPS) is 15.0. The molecule has 2 aromatic rings. The summed E-state index contributed by atoms with van der Waals surface area (Å²) < 4.78 is 0. The zero-order valence-corrected chi connectivity index (χ0v) is 14.1. The minimum Gasteiger partial charge on any atom is -0.348 e. The van der Waals surface area contributed by atoms with Crippen molar-refractivity contribution in [2.75, 3.05) is 5.32 Å². The number of hydrogen-bond donors (Lipinski definition) is 2. The number of amides is 1. The van der Waals surface area contributed by atoms with Crippen LogP contribution in [0.5, 0.6) is 0 Å². The Hall–Kier alpha value is -2.43. The third-order valence-corrected chi connectivity index (χ3v) is 4.45. The van der Waals surface area contributed by atoms with Crippen molar-refractivity contribution >= 4 is 17.5 Å². The predicted molar refractivity (Wildman–Crippen MR) is 95.5 cm³/mol. The van der Waals surface area contributed by atoms with Crippen molar-refractivity contribution < 1.29 is 4.79 Å². The molecular formula is C19H24N4O. The first kappa shape index (κ1) is 16.4. The number of nitrogens with one attached hydrogen (secondary N) is 2. The van der Waals surface area contributed by atoms with E-state index < -0.39 is 0 Å². The molecule has 0 atom stereocenters. The largest absolute Gasteiger partial charge is 0.348 e. The van der Waals surface area contributed by atoms with Gasteiger partial charge in [0.2, 0.25) is 5.95 Å². The van der Waals surface area contributed by atoms with Crippen LogP contribution in [-0.4, -0.2) is 21.9 Å². The topological polar surface area (TPSA) is 66.9 Å². The van der Waals surface area contributed by atoms with Crippen molar-refractivity contribution in [2.45, 2.75) is 51.5 Å². The Morgan fingerprint density at radius 2 is 1.88 bits per heavy atom. The van der Waals surface area contributed by atoms with Gasteiger partial charge < -0.3 is 10.6 Å². The fraction of sp³-hybridized carbons (Fsp3) is 0.421. The van der Waals surface area contributed by atoms with Crippen molar-refractivity contribution in [2.24, 2.45) is 0 Å². The maximum Gasteiger partial charge on any atom is 0.270 e. The first-order valence-electron chi connectivity index (χ1n) is 8.74. The predicted octanol–water partition coefficient (Wildman–Crippen LogP) is 3.85. The summed E-state index contributed by atoms with van der Waals surface area (Å²) in [6, 6.07) is 10.1. The van der Waals surface area contributed by atoms with Crippen molar-refractivity contribution in [3.05, 3.63) is 47.8 Å². The van der Waals surface area contributed by atoms with E-state index in [0.717, 1.165) is 24.9 Å². The van der Waals surface area contributed by atoms with E-state index in [-0.39, 0.29) is 11.9 Å². The third kappa shape index (κ3) is 4.31. The lowest BCUT2D eigenvalue weighted by Gasteiger charge is -2.22. The number of aryl methyl sites for hydroxylation is 1. The number of carbonyl (C=O) groups excluding carboxylic acids is 1. The van der Waals surface area contributed by atoms with Crippen molar-refractivity contribution in [1.29, 1.82) is 0 Å². The quantitative estimate of drug-likeness (QED) is 0.877. The first-order valence-corrected chi connectivity index (χ1v) is 8.74. The lowest BCUT2D eigenvalue weighted by atomic mass is 9.95. The number of benzene rings is 1. The SMILES string of the molecule is CCc1ccc(Nc2nccc(C(=O)NC3CCCCC3)n2)cc1. The summed E-state index contributed by atoms with van der Waals surface area (Å²) in [6.45, 7) is 2.12. The average Bonchev–Trinajstić information content (AvgIpc) is 2.63. The fourth-order valence-electron chi connectivity index (χ4n) is 3.00. The van der Waals surface area contributed by atoms with E-state index >= 15 is 0 Å². The Morgan fingerprint density at radius 1 is 1.12 bits per heavy atom. The van der Waals surface area contributed by atoms with Crippen LogP contribution in [0.2, 0.25) is 0 Å². The summed E-state index contributed by atoms with van der Waals surface area (Å²) >= 11 is 0. The first-order chi connectivity index (χ1) is 11.7. The van der Waals surface area contributed by atoms with Gasteiger partial charge >= 0.3 is 0 Å². The Bertz CT molecular complexity index is 678. The smallest absolute Gasteiger partial charge is 0.270 e. The van der Waals surface area contributed by atoms with Crippen LogP contribution in [0.15, 0.2) is 36.5 Å². The number of anilines is 2. The van der Waals surface area contributed by atoms with Gasteiger partial charge in [0.25, 0.3) is 5.91 Å². The van der Waals surface area contributed by atoms with Gasteiger partial charge in [0.15, 0.2) is 0 Å². The minimum absolute atomic E-state index is 0.117. The molecule has 1 aliphatic rings. The number of carbonyl (C=O) groups is 1. The molecule has 0 saturated heterocycles.